The lowest BCUT2D eigenvalue weighted by molar-refractivity contribution is -0.280. The molecule has 1 heterocycles. The Morgan fingerprint density at radius 1 is 0.868 bits per heavy atom. The van der Waals surface area contributed by atoms with Gasteiger partial charge in [0.15, 0.2) is 11.9 Å². The first kappa shape index (κ1) is 30.1. The Morgan fingerprint density at radius 2 is 1.47 bits per heavy atom. The van der Waals surface area contributed by atoms with E-state index < -0.39 is 64.0 Å². The molecule has 1 aliphatic heterocycles. The summed E-state index contributed by atoms with van der Waals surface area (Å²) in [6.45, 7) is 12.9. The van der Waals surface area contributed by atoms with Crippen LogP contribution in [0.25, 0.3) is 0 Å². The third kappa shape index (κ3) is 5.20. The first-order chi connectivity index (χ1) is 17.5. The van der Waals surface area contributed by atoms with E-state index in [9.17, 15) is 24.0 Å². The number of ether oxygens (including phenoxy) is 5. The van der Waals surface area contributed by atoms with E-state index in [1.54, 1.807) is 0 Å². The van der Waals surface area contributed by atoms with E-state index in [0.717, 1.165) is 0 Å². The van der Waals surface area contributed by atoms with Gasteiger partial charge in [0.1, 0.15) is 12.7 Å². The summed E-state index contributed by atoms with van der Waals surface area (Å²) in [7, 11) is 0. The number of esters is 4. The molecular weight excluding hydrogens is 496 g/mol. The SMILES string of the molecule is CC(=O)OCC[C@]1(C)CC[C@@]2(O1)[C@H](C)C(=O)[C@@H](OC(C)=O)[C@H]1[C@@](C)(COC(C)=O)[C@H](OC(C)=O)CC[C@@]12C. The van der Waals surface area contributed by atoms with Crippen LogP contribution in [0.5, 0.6) is 0 Å². The van der Waals surface area contributed by atoms with Crippen LogP contribution in [-0.2, 0) is 47.7 Å². The lowest BCUT2D eigenvalue weighted by Gasteiger charge is -2.65. The molecule has 0 aromatic carbocycles. The minimum Gasteiger partial charge on any atom is -0.466 e. The maximum absolute atomic E-state index is 14.0. The number of hydrogen-bond acceptors (Lipinski definition) is 10. The molecular formula is C28H42O10. The van der Waals surface area contributed by atoms with Gasteiger partial charge in [0.25, 0.3) is 0 Å². The van der Waals surface area contributed by atoms with Crippen molar-refractivity contribution < 1.29 is 47.7 Å². The lowest BCUT2D eigenvalue weighted by Crippen LogP contribution is -2.73. The van der Waals surface area contributed by atoms with Gasteiger partial charge < -0.3 is 23.7 Å². The van der Waals surface area contributed by atoms with Crippen molar-refractivity contribution in [2.75, 3.05) is 13.2 Å². The quantitative estimate of drug-likeness (QED) is 0.351. The maximum Gasteiger partial charge on any atom is 0.303 e. The summed E-state index contributed by atoms with van der Waals surface area (Å²) in [6.07, 6.45) is 0.843. The summed E-state index contributed by atoms with van der Waals surface area (Å²) in [5.41, 5.74) is -3.33. The second-order valence-corrected chi connectivity index (χ2v) is 12.0. The Balaban J connectivity index is 2.14. The van der Waals surface area contributed by atoms with Crippen LogP contribution in [0.1, 0.15) is 87.5 Å². The molecule has 8 atom stereocenters. The average molecular weight is 539 g/mol. The third-order valence-corrected chi connectivity index (χ3v) is 9.31. The van der Waals surface area contributed by atoms with E-state index in [-0.39, 0.29) is 25.0 Å². The number of Topliss-reactive ketones (excluding diaryl/α,β-unsaturated/α-hetero) is 1. The largest absolute Gasteiger partial charge is 0.466 e. The third-order valence-electron chi connectivity index (χ3n) is 9.31. The van der Waals surface area contributed by atoms with Gasteiger partial charge >= 0.3 is 23.9 Å². The topological polar surface area (TPSA) is 132 Å². The van der Waals surface area contributed by atoms with Crippen molar-refractivity contribution in [3.05, 3.63) is 0 Å². The molecule has 0 bridgehead atoms. The second kappa shape index (κ2) is 10.6. The van der Waals surface area contributed by atoms with Gasteiger partial charge in [-0.05, 0) is 32.6 Å². The molecule has 3 fully saturated rings. The zero-order valence-corrected chi connectivity index (χ0v) is 23.8. The van der Waals surface area contributed by atoms with E-state index in [4.69, 9.17) is 23.7 Å². The molecule has 214 valence electrons. The van der Waals surface area contributed by atoms with Gasteiger partial charge in [0.05, 0.1) is 17.8 Å². The highest BCUT2D eigenvalue weighted by atomic mass is 16.6. The maximum atomic E-state index is 14.0. The van der Waals surface area contributed by atoms with Gasteiger partial charge in [-0.3, -0.25) is 24.0 Å². The molecule has 2 saturated carbocycles. The average Bonchev–Trinajstić information content (AvgIpc) is 3.15. The first-order valence-electron chi connectivity index (χ1n) is 13.4. The number of fused-ring (bicyclic) bond motifs is 2. The molecule has 0 aromatic rings. The molecule has 38 heavy (non-hydrogen) atoms. The van der Waals surface area contributed by atoms with Gasteiger partial charge in [-0.25, -0.2) is 0 Å². The predicted octanol–water partition coefficient (Wildman–Crippen LogP) is 3.32. The summed E-state index contributed by atoms with van der Waals surface area (Å²) in [5.74, 6) is -3.52. The van der Waals surface area contributed by atoms with E-state index >= 15 is 0 Å². The molecule has 3 rings (SSSR count). The van der Waals surface area contributed by atoms with Gasteiger partial charge in [0.2, 0.25) is 0 Å². The fraction of sp³-hybridized carbons (Fsp3) is 0.821. The van der Waals surface area contributed by atoms with E-state index in [2.05, 4.69) is 0 Å². The standard InChI is InChI=1S/C28H42O10/c1-16-22(33)23(37-20(5)32)24-26(7,15-35-18(3)30)21(36-19(4)31)9-10-27(24,8)28(16)12-11-25(6,38-28)13-14-34-17(2)29/h16,21,23-24H,9-15H2,1-8H3/t16-,21-,23-,24+,25+,26+,27+,28-/m1/s1. The Hall–Kier alpha value is -2.49. The van der Waals surface area contributed by atoms with Crippen LogP contribution in [0, 0.1) is 22.7 Å². The smallest absolute Gasteiger partial charge is 0.303 e. The minimum absolute atomic E-state index is 0.125. The van der Waals surface area contributed by atoms with Gasteiger partial charge in [-0.1, -0.05) is 20.8 Å². The van der Waals surface area contributed by atoms with Crippen LogP contribution in [0.15, 0.2) is 0 Å². The minimum atomic E-state index is -1.13. The normalized spacial score (nSPS) is 40.3. The van der Waals surface area contributed by atoms with Crippen LogP contribution in [-0.4, -0.2) is 66.3 Å². The molecule has 3 aliphatic rings. The Labute approximate surface area is 224 Å². The molecule has 1 spiro atoms. The summed E-state index contributed by atoms with van der Waals surface area (Å²) >= 11 is 0. The Morgan fingerprint density at radius 3 is 2.03 bits per heavy atom. The highest BCUT2D eigenvalue weighted by molar-refractivity contribution is 5.90. The number of carbonyl (C=O) groups excluding carboxylic acids is 5. The Kier molecular flexibility index (Phi) is 8.37. The van der Waals surface area contributed by atoms with Gasteiger partial charge in [-0.15, -0.1) is 0 Å². The van der Waals surface area contributed by atoms with Crippen molar-refractivity contribution in [1.82, 2.24) is 0 Å². The zero-order valence-electron chi connectivity index (χ0n) is 23.8. The van der Waals surface area contributed by atoms with E-state index in [0.29, 0.717) is 32.1 Å². The van der Waals surface area contributed by atoms with Crippen molar-refractivity contribution in [2.24, 2.45) is 22.7 Å². The van der Waals surface area contributed by atoms with Crippen LogP contribution < -0.4 is 0 Å². The first-order valence-corrected chi connectivity index (χ1v) is 13.4. The zero-order chi connectivity index (χ0) is 28.7. The molecule has 0 aromatic heterocycles. The Bertz CT molecular complexity index is 992. The number of rotatable bonds is 7. The molecule has 10 heteroatoms. The molecule has 1 saturated heterocycles. The van der Waals surface area contributed by atoms with E-state index in [1.165, 1.54) is 27.7 Å². The predicted molar refractivity (Wildman–Crippen MR) is 134 cm³/mol. The summed E-state index contributed by atoms with van der Waals surface area (Å²) in [5, 5.41) is 0. The fourth-order valence-electron chi connectivity index (χ4n) is 7.56. The van der Waals surface area contributed by atoms with Gasteiger partial charge in [0, 0.05) is 56.8 Å². The van der Waals surface area contributed by atoms with Crippen LogP contribution in [0.4, 0.5) is 0 Å². The lowest BCUT2D eigenvalue weighted by atomic mass is 9.42. The van der Waals surface area contributed by atoms with E-state index in [1.807, 2.05) is 27.7 Å². The molecule has 0 amide bonds. The van der Waals surface area contributed by atoms with Crippen molar-refractivity contribution >= 4 is 29.7 Å². The summed E-state index contributed by atoms with van der Waals surface area (Å²) in [6, 6.07) is 0. The number of carbonyl (C=O) groups is 5. The van der Waals surface area contributed by atoms with Crippen LogP contribution in [0.2, 0.25) is 0 Å². The molecule has 10 nitrogen and oxygen atoms in total. The number of hydrogen-bond donors (Lipinski definition) is 0. The molecule has 0 N–H and O–H groups in total. The molecule has 0 radical (unpaired) electrons. The van der Waals surface area contributed by atoms with Crippen molar-refractivity contribution in [3.63, 3.8) is 0 Å². The second-order valence-electron chi connectivity index (χ2n) is 12.0. The van der Waals surface area contributed by atoms with Crippen molar-refractivity contribution in [3.8, 4) is 0 Å². The number of ketones is 1. The van der Waals surface area contributed by atoms with Crippen molar-refractivity contribution in [2.45, 2.75) is 111 Å². The van der Waals surface area contributed by atoms with Crippen LogP contribution in [0.3, 0.4) is 0 Å². The van der Waals surface area contributed by atoms with Crippen molar-refractivity contribution in [1.29, 1.82) is 0 Å². The highest BCUT2D eigenvalue weighted by Crippen LogP contribution is 2.68. The van der Waals surface area contributed by atoms with Gasteiger partial charge in [-0.2, -0.15) is 0 Å². The molecule has 0 unspecified atom stereocenters. The fourth-order valence-corrected chi connectivity index (χ4v) is 7.56. The monoisotopic (exact) mass is 538 g/mol. The molecule has 2 aliphatic carbocycles. The summed E-state index contributed by atoms with van der Waals surface area (Å²) < 4.78 is 29.1. The van der Waals surface area contributed by atoms with Crippen LogP contribution >= 0.6 is 0 Å². The summed E-state index contributed by atoms with van der Waals surface area (Å²) in [4.78, 5) is 61.6. The highest BCUT2D eigenvalue weighted by Gasteiger charge is 2.74.